The maximum atomic E-state index is 13.2. The van der Waals surface area contributed by atoms with E-state index >= 15 is 0 Å². The summed E-state index contributed by atoms with van der Waals surface area (Å²) < 4.78 is 1.63. The number of Topliss-reactive ketones (excluding diaryl/α,β-unsaturated/α-hetero) is 3. The predicted molar refractivity (Wildman–Crippen MR) is 409 cm³/mol. The highest BCUT2D eigenvalue weighted by Gasteiger charge is 2.64. The summed E-state index contributed by atoms with van der Waals surface area (Å²) in [7, 11) is 1.00. The molecule has 12 fully saturated rings. The molecule has 5 N–H and O–H groups in total. The molecule has 0 amide bonds. The van der Waals surface area contributed by atoms with Crippen molar-refractivity contribution in [3.8, 4) is 12.1 Å². The highest BCUT2D eigenvalue weighted by atomic mass is 128. The summed E-state index contributed by atoms with van der Waals surface area (Å²) in [5.74, 6) is 12.6. The molecule has 12 saturated carbocycles. The number of hydrogen-bond acceptors (Lipinski definition) is 11. The number of alkyl halides is 1. The van der Waals surface area contributed by atoms with E-state index in [2.05, 4.69) is 191 Å². The van der Waals surface area contributed by atoms with Gasteiger partial charge in [0.2, 0.25) is 0 Å². The number of aliphatic hydroxyl groups is 4. The zero-order valence-corrected chi connectivity index (χ0v) is 68.5. The molecule has 20 heteroatoms. The molecule has 502 valence electrons. The van der Waals surface area contributed by atoms with Gasteiger partial charge in [-0.05, 0) is 287 Å². The van der Waals surface area contributed by atoms with E-state index in [0.717, 1.165) is 118 Å². The van der Waals surface area contributed by atoms with E-state index in [1.54, 1.807) is 17.1 Å². The van der Waals surface area contributed by atoms with Crippen LogP contribution in [0.3, 0.4) is 0 Å². The molecule has 89 heavy (non-hydrogen) atoms. The summed E-state index contributed by atoms with van der Waals surface area (Å²) in [6.45, 7) is 15.5. The number of hydrogen-bond donors (Lipinski definition) is 5. The number of nitrogens with one attached hydrogen (secondary N) is 1. The molecule has 12 aliphatic rings. The number of rotatable bonds is 6. The van der Waals surface area contributed by atoms with E-state index in [1.807, 2.05) is 13.0 Å². The molecule has 0 aromatic carbocycles. The summed E-state index contributed by atoms with van der Waals surface area (Å²) in [5, 5.41) is 67.1. The zero-order valence-electron chi connectivity index (χ0n) is 54.0. The molecule has 0 bridgehead atoms. The van der Waals surface area contributed by atoms with Gasteiger partial charge in [-0.15, -0.1) is 0 Å². The van der Waals surface area contributed by atoms with Crippen LogP contribution in [0.15, 0.2) is 24.8 Å². The Morgan fingerprint density at radius 2 is 0.854 bits per heavy atom. The first-order valence-electron chi connectivity index (χ1n) is 33.5. The number of H-pyrrole nitrogens is 1. The van der Waals surface area contributed by atoms with Crippen molar-refractivity contribution >= 4 is 145 Å². The van der Waals surface area contributed by atoms with E-state index in [9.17, 15) is 29.7 Å². The Hall–Kier alpha value is 1.11. The molecule has 2 aromatic heterocycles. The van der Waals surface area contributed by atoms with Crippen molar-refractivity contribution in [2.24, 2.45) is 123 Å². The molecule has 2 heterocycles. The van der Waals surface area contributed by atoms with Gasteiger partial charge in [-0.25, -0.2) is 0 Å². The van der Waals surface area contributed by atoms with Gasteiger partial charge in [-0.3, -0.25) is 24.2 Å². The highest BCUT2D eigenvalue weighted by Crippen LogP contribution is 2.69. The Morgan fingerprint density at radius 1 is 0.517 bits per heavy atom. The van der Waals surface area contributed by atoms with Crippen molar-refractivity contribution < 1.29 is 36.2 Å². The van der Waals surface area contributed by atoms with Crippen LogP contribution in [0.5, 0.6) is 0 Å². The molecule has 0 saturated heterocycles. The van der Waals surface area contributed by atoms with Crippen LogP contribution in [0.4, 0.5) is 0 Å². The van der Waals surface area contributed by atoms with Crippen LogP contribution in [0.2, 0.25) is 0 Å². The molecule has 2 aromatic rings. The first-order chi connectivity index (χ1) is 42.5. The quantitative estimate of drug-likeness (QED) is 0.135. The largest absolute Gasteiger partial charge is 0.400 e. The Bertz CT molecular complexity index is 2750. The molecular weight excluding hydrogens is 1870 g/mol. The molecule has 24 atom stereocenters. The normalized spacial score (nSPS) is 44.2. The lowest BCUT2D eigenvalue weighted by molar-refractivity contribution is -0.131. The van der Waals surface area contributed by atoms with Crippen molar-refractivity contribution in [1.82, 2.24) is 20.0 Å². The maximum Gasteiger partial charge on any atom is 0.157 e. The second-order valence-corrected chi connectivity index (χ2v) is 31.4. The first kappa shape index (κ1) is 77.5. The minimum atomic E-state index is -0.462. The Balaban J connectivity index is 0.000000194. The zero-order chi connectivity index (χ0) is 65.6. The fourth-order valence-corrected chi connectivity index (χ4v) is 24.2. The van der Waals surface area contributed by atoms with Crippen LogP contribution in [-0.4, -0.2) is 87.0 Å². The number of carbonyl (C=O) groups is 3. The van der Waals surface area contributed by atoms with Crippen molar-refractivity contribution in [1.29, 1.82) is 10.5 Å². The number of aliphatic hydroxyl groups excluding tert-OH is 1. The van der Waals surface area contributed by atoms with Crippen LogP contribution in [0.1, 0.15) is 215 Å². The number of halogens is 7. The van der Waals surface area contributed by atoms with Crippen molar-refractivity contribution in [3.05, 3.63) is 35.9 Å². The van der Waals surface area contributed by atoms with Crippen LogP contribution < -0.4 is 0 Å². The second-order valence-electron chi connectivity index (χ2n) is 30.9. The third-order valence-electron chi connectivity index (χ3n) is 27.6. The van der Waals surface area contributed by atoms with E-state index < -0.39 is 16.8 Å². The number of aromatic amines is 1. The summed E-state index contributed by atoms with van der Waals surface area (Å²) in [5.41, 5.74) is 0.432. The molecule has 0 aliphatic heterocycles. The monoisotopic (exact) mass is 1970 g/mol. The van der Waals surface area contributed by atoms with E-state index in [1.165, 1.54) is 115 Å². The summed E-state index contributed by atoms with van der Waals surface area (Å²) in [4.78, 5) is 37.7. The second kappa shape index (κ2) is 33.3. The van der Waals surface area contributed by atoms with Gasteiger partial charge in [0.05, 0.1) is 52.2 Å². The molecule has 12 aliphatic carbocycles. The Morgan fingerprint density at radius 3 is 1.18 bits per heavy atom. The van der Waals surface area contributed by atoms with Crippen LogP contribution in [-0.2, 0) is 20.9 Å². The Kier molecular flexibility index (Phi) is 29.0. The van der Waals surface area contributed by atoms with Gasteiger partial charge in [-0.1, -0.05) is 36.7 Å². The van der Waals surface area contributed by atoms with E-state index in [-0.39, 0.29) is 36.1 Å². The number of nitriles is 2. The lowest BCUT2D eigenvalue weighted by Crippen LogP contribution is -2.49. The summed E-state index contributed by atoms with van der Waals surface area (Å²) >= 11 is 16.1. The number of nitrogens with zero attached hydrogens (tertiary/aromatic N) is 5. The van der Waals surface area contributed by atoms with Gasteiger partial charge in [0.1, 0.15) is 23.7 Å². The number of carbonyl (C=O) groups excluding carboxylic acids is 3. The topological polar surface area (TPSA) is 226 Å². The van der Waals surface area contributed by atoms with Crippen molar-refractivity contribution in [2.75, 3.05) is 12.4 Å². The van der Waals surface area contributed by atoms with Gasteiger partial charge >= 0.3 is 0 Å². The third-order valence-corrected chi connectivity index (χ3v) is 28.1. The molecule has 0 radical (unpaired) electrons. The highest BCUT2D eigenvalue weighted by molar-refractivity contribution is 15.0. The van der Waals surface area contributed by atoms with E-state index in [4.69, 9.17) is 15.6 Å². The lowest BCUT2D eigenvalue weighted by atomic mass is 9.51. The minimum absolute atomic E-state index is 0. The minimum Gasteiger partial charge on any atom is -0.400 e. The SMILES string of the molecule is CC(=O)[C@H]1CC[C@H]2[C@@H]3CC[C@@H]4[C@H](CC[C@@]4(C)O)[C@H]3CC[C@]12C.CO.C[C@]12CC[C@@H]3[C@H]4CC[C@@](C)(O)[C@@H]4CC[C@H]3[C@@H]1CC[C@@H]2C(=O)CBr.C[C@]12CC[C@@H]3[C@H]4CC[C@@](C)(O)[C@@H]4CC[C@H]3[C@@H]1CC[C@@H]2C(=O)Cn1cc(C#N)cn1.II.II.II.N#Cc1cn[nH]c1.[HH]. The third kappa shape index (κ3) is 15.8. The fraction of sp³-hybridized carbons (Fsp3) is 0.841. The predicted octanol–water partition coefficient (Wildman–Crippen LogP) is 18.2. The van der Waals surface area contributed by atoms with Crippen molar-refractivity contribution in [3.63, 3.8) is 0 Å². The molecule has 13 nitrogen and oxygen atoms in total. The van der Waals surface area contributed by atoms with E-state index in [0.29, 0.717) is 69.3 Å². The number of fused-ring (bicyclic) bond motifs is 15. The molecule has 0 spiro atoms. The van der Waals surface area contributed by atoms with Crippen LogP contribution >= 0.6 is 128 Å². The van der Waals surface area contributed by atoms with Gasteiger partial charge in [0.25, 0.3) is 0 Å². The fourth-order valence-electron chi connectivity index (χ4n) is 23.8. The average Bonchev–Trinajstić information content (AvgIpc) is 1.41. The van der Waals surface area contributed by atoms with Crippen LogP contribution in [0, 0.1) is 145 Å². The summed E-state index contributed by atoms with van der Waals surface area (Å²) in [6.07, 6.45) is 34.6. The first-order valence-corrected chi connectivity index (χ1v) is 53.5. The average molecular weight is 1970 g/mol. The number of ketones is 3. The van der Waals surface area contributed by atoms with Crippen molar-refractivity contribution in [2.45, 2.75) is 226 Å². The molecular formula is C69H105BrI6N6O7. The van der Waals surface area contributed by atoms with Crippen LogP contribution in [0.25, 0.3) is 0 Å². The maximum absolute atomic E-state index is 13.2. The molecule has 0 unspecified atom stereocenters. The van der Waals surface area contributed by atoms with Gasteiger partial charge in [0.15, 0.2) is 5.78 Å². The smallest absolute Gasteiger partial charge is 0.157 e. The van der Waals surface area contributed by atoms with Gasteiger partial charge in [0, 0.05) is 150 Å². The molecule has 14 rings (SSSR count). The number of aromatic nitrogens is 4. The lowest BCUT2D eigenvalue weighted by Gasteiger charge is -2.54. The van der Waals surface area contributed by atoms with Gasteiger partial charge in [-0.2, -0.15) is 20.7 Å². The summed E-state index contributed by atoms with van der Waals surface area (Å²) in [6, 6.07) is 4.00. The Labute approximate surface area is 613 Å². The standard InChI is InChI=1S/C24H33N3O2.C20H31BrO2.C20H32O2.C4H3N3.CH4O.3I2.H2/c1-23-9-7-16-17(3-4-20-18(16)8-10-24(20,2)29)19(23)5-6-21(23)22(28)14-27-13-15(11-25)12-26-27;1-19-9-7-12-13(15(19)5-6-17(19)18(22)11-21)3-4-16-14(12)8-10-20(16,2)23;1-12(21)16-6-7-17-14-4-5-18-15(9-11-20(18,3)22)13(14)8-10-19(16,17)2;5-1-4-2-6-7-3-4;4*1-2;/h12-13,16-21,29H,3-10,14H2,1-2H3;12-17,23H,3-11H2,1-2H3;13-18,22H,4-11H2,1-3H3;2-3H,(H,6,7);2H,1H3;;;;1H/t16-,17+,18+,19-,20+,21+,23-,24+;12-,13+,14+,15-,16+,17+,19-,20+;13-,14+,15+,16+,17-,18+,19+,20+;;;;;;/m000....../s1. The van der Waals surface area contributed by atoms with Gasteiger partial charge < -0.3 is 20.4 Å².